The molecule has 0 heterocycles. The number of methoxy groups -OCH3 is 1. The molecule has 54 valence electrons. The van der Waals surface area contributed by atoms with Crippen LogP contribution in [0.1, 0.15) is 20.8 Å². The van der Waals surface area contributed by atoms with Crippen LogP contribution in [0.15, 0.2) is 0 Å². The summed E-state index contributed by atoms with van der Waals surface area (Å²) in [5.41, 5.74) is -0.393. The third kappa shape index (κ3) is 2.95. The second-order valence-corrected chi connectivity index (χ2v) is 2.84. The molecule has 0 aromatic heterocycles. The molecular formula is C6H13NO2. The van der Waals surface area contributed by atoms with Crippen molar-refractivity contribution in [1.82, 2.24) is 0 Å². The van der Waals surface area contributed by atoms with Gasteiger partial charge in [-0.3, -0.25) is 0 Å². The largest absolute Gasteiger partial charge is 0.621 e. The van der Waals surface area contributed by atoms with E-state index in [2.05, 4.69) is 4.74 Å². The van der Waals surface area contributed by atoms with Crippen LogP contribution in [0, 0.1) is 5.21 Å². The van der Waals surface area contributed by atoms with Gasteiger partial charge in [-0.2, -0.15) is 4.74 Å². The first-order chi connectivity index (χ1) is 3.98. The minimum absolute atomic E-state index is 0.393. The van der Waals surface area contributed by atoms with Crippen LogP contribution in [0.25, 0.3) is 0 Å². The molecule has 0 saturated carbocycles. The van der Waals surface area contributed by atoms with Gasteiger partial charge < -0.3 is 9.94 Å². The van der Waals surface area contributed by atoms with Crippen LogP contribution in [0.5, 0.6) is 0 Å². The highest BCUT2D eigenvalue weighted by atomic mass is 16.5. The fraction of sp³-hybridized carbons (Fsp3) is 0.833. The van der Waals surface area contributed by atoms with Gasteiger partial charge in [-0.1, -0.05) is 0 Å². The Morgan fingerprint density at radius 1 is 1.44 bits per heavy atom. The molecule has 0 aliphatic carbocycles. The maximum absolute atomic E-state index is 10.8. The van der Waals surface area contributed by atoms with Gasteiger partial charge in [0.15, 0.2) is 5.54 Å². The van der Waals surface area contributed by atoms with Crippen LogP contribution in [0.3, 0.4) is 0 Å². The van der Waals surface area contributed by atoms with Crippen LogP contribution in [-0.2, 0) is 4.74 Å². The highest BCUT2D eigenvalue weighted by Gasteiger charge is 2.17. The average Bonchev–Trinajstić information content (AvgIpc) is 1.64. The molecule has 0 rings (SSSR count). The van der Waals surface area contributed by atoms with Crippen molar-refractivity contribution < 1.29 is 9.48 Å². The van der Waals surface area contributed by atoms with Crippen LogP contribution in [0.2, 0.25) is 0 Å². The number of hydrogen-bond acceptors (Lipinski definition) is 2. The monoisotopic (exact) mass is 131 g/mol. The van der Waals surface area contributed by atoms with Gasteiger partial charge in [-0.15, -0.1) is 0 Å². The zero-order chi connectivity index (χ0) is 7.49. The van der Waals surface area contributed by atoms with E-state index in [0.717, 1.165) is 11.1 Å². The van der Waals surface area contributed by atoms with Crippen molar-refractivity contribution in [3.8, 4) is 0 Å². The topological polar surface area (TPSA) is 35.3 Å². The molecule has 0 radical (unpaired) electrons. The van der Waals surface area contributed by atoms with Crippen LogP contribution >= 0.6 is 0 Å². The predicted molar refractivity (Wildman–Crippen MR) is 36.5 cm³/mol. The lowest BCUT2D eigenvalue weighted by Crippen LogP contribution is -2.29. The Labute approximate surface area is 55.5 Å². The molecule has 0 unspecified atom stereocenters. The summed E-state index contributed by atoms with van der Waals surface area (Å²) >= 11 is 0. The van der Waals surface area contributed by atoms with Gasteiger partial charge in [0.05, 0.1) is 7.11 Å². The predicted octanol–water partition coefficient (Wildman–Crippen LogP) is 0.970. The van der Waals surface area contributed by atoms with Crippen molar-refractivity contribution >= 4 is 6.40 Å². The summed E-state index contributed by atoms with van der Waals surface area (Å²) in [6.45, 7) is 5.44. The summed E-state index contributed by atoms with van der Waals surface area (Å²) < 4.78 is 5.29. The van der Waals surface area contributed by atoms with Gasteiger partial charge in [0, 0.05) is 20.8 Å². The third-order valence-electron chi connectivity index (χ3n) is 0.862. The van der Waals surface area contributed by atoms with Crippen molar-refractivity contribution in [3.05, 3.63) is 5.21 Å². The summed E-state index contributed by atoms with van der Waals surface area (Å²) in [6.07, 6.45) is 1.15. The van der Waals surface area contributed by atoms with Gasteiger partial charge in [0.25, 0.3) is 0 Å². The molecule has 9 heavy (non-hydrogen) atoms. The van der Waals surface area contributed by atoms with Crippen LogP contribution < -0.4 is 0 Å². The number of hydroxylamine groups is 1. The van der Waals surface area contributed by atoms with Crippen molar-refractivity contribution in [2.75, 3.05) is 7.11 Å². The summed E-state index contributed by atoms with van der Waals surface area (Å²) in [4.78, 5) is 0. The van der Waals surface area contributed by atoms with Gasteiger partial charge >= 0.3 is 6.40 Å². The third-order valence-corrected chi connectivity index (χ3v) is 0.862. The molecule has 0 fully saturated rings. The highest BCUT2D eigenvalue weighted by Crippen LogP contribution is 2.03. The summed E-state index contributed by atoms with van der Waals surface area (Å²) in [6, 6.07) is 0. The Bertz CT molecular complexity index is 113. The van der Waals surface area contributed by atoms with Gasteiger partial charge in [-0.25, -0.2) is 0 Å². The molecule has 0 atom stereocenters. The first-order valence-corrected chi connectivity index (χ1v) is 2.81. The van der Waals surface area contributed by atoms with E-state index in [9.17, 15) is 5.21 Å². The molecule has 3 nitrogen and oxygen atoms in total. The second kappa shape index (κ2) is 2.71. The number of hydrogen-bond donors (Lipinski definition) is 0. The maximum Gasteiger partial charge on any atom is 0.335 e. The summed E-state index contributed by atoms with van der Waals surface area (Å²) in [5, 5.41) is 10.8. The Morgan fingerprint density at radius 2 is 1.89 bits per heavy atom. The van der Waals surface area contributed by atoms with Crippen LogP contribution in [-0.4, -0.2) is 23.8 Å². The number of ether oxygens (including phenoxy) is 1. The lowest BCUT2D eigenvalue weighted by Gasteiger charge is -2.17. The minimum atomic E-state index is -0.393. The molecule has 3 heteroatoms. The molecule has 0 bridgehead atoms. The van der Waals surface area contributed by atoms with E-state index in [0.29, 0.717) is 0 Å². The van der Waals surface area contributed by atoms with Gasteiger partial charge in [0.1, 0.15) is 0 Å². The van der Waals surface area contributed by atoms with Crippen molar-refractivity contribution in [1.29, 1.82) is 0 Å². The maximum atomic E-state index is 10.8. The smallest absolute Gasteiger partial charge is 0.335 e. The van der Waals surface area contributed by atoms with Crippen molar-refractivity contribution in [3.63, 3.8) is 0 Å². The minimum Gasteiger partial charge on any atom is -0.621 e. The highest BCUT2D eigenvalue weighted by molar-refractivity contribution is 5.39. The molecule has 0 spiro atoms. The normalized spacial score (nSPS) is 13.6. The van der Waals surface area contributed by atoms with Crippen molar-refractivity contribution in [2.24, 2.45) is 0 Å². The lowest BCUT2D eigenvalue weighted by atomic mass is 10.1. The fourth-order valence-corrected chi connectivity index (χ4v) is 0.254. The van der Waals surface area contributed by atoms with E-state index in [1.807, 2.05) is 20.8 Å². The quantitative estimate of drug-likeness (QED) is 0.175. The average molecular weight is 131 g/mol. The Balaban J connectivity index is 4.03. The Morgan fingerprint density at radius 3 is 2.00 bits per heavy atom. The molecule has 0 N–H and O–H groups in total. The Kier molecular flexibility index (Phi) is 2.49. The fourth-order valence-electron chi connectivity index (χ4n) is 0.254. The second-order valence-electron chi connectivity index (χ2n) is 2.84. The molecule has 0 saturated heterocycles. The van der Waals surface area contributed by atoms with E-state index in [-0.39, 0.29) is 0 Å². The van der Waals surface area contributed by atoms with E-state index >= 15 is 0 Å². The van der Waals surface area contributed by atoms with E-state index in [1.165, 1.54) is 7.11 Å². The van der Waals surface area contributed by atoms with E-state index in [1.54, 1.807) is 0 Å². The molecule has 0 aromatic carbocycles. The number of rotatable bonds is 1. The number of nitrogens with zero attached hydrogens (tertiary/aromatic N) is 1. The SMILES string of the molecule is CO/C=[N+](\[O-])C(C)(C)C. The van der Waals surface area contributed by atoms with E-state index < -0.39 is 5.54 Å². The zero-order valence-corrected chi connectivity index (χ0v) is 6.34. The first-order valence-electron chi connectivity index (χ1n) is 2.81. The van der Waals surface area contributed by atoms with E-state index in [4.69, 9.17) is 0 Å². The summed E-state index contributed by atoms with van der Waals surface area (Å²) in [5.74, 6) is 0. The molecule has 0 aliphatic rings. The van der Waals surface area contributed by atoms with Crippen LogP contribution in [0.4, 0.5) is 0 Å². The molecule has 0 aliphatic heterocycles. The standard InChI is InChI=1S/C6H13NO2/c1-6(2,3)7(8)5-9-4/h5H,1-4H3/b7-5-. The molecule has 0 amide bonds. The Hall–Kier alpha value is -0.730. The van der Waals surface area contributed by atoms with Crippen molar-refractivity contribution in [2.45, 2.75) is 26.3 Å². The first kappa shape index (κ1) is 8.27. The zero-order valence-electron chi connectivity index (χ0n) is 6.34. The summed E-state index contributed by atoms with van der Waals surface area (Å²) in [7, 11) is 1.46. The lowest BCUT2D eigenvalue weighted by molar-refractivity contribution is -0.537. The van der Waals surface area contributed by atoms with Gasteiger partial charge in [0.2, 0.25) is 0 Å². The molecule has 0 aromatic rings. The molecular weight excluding hydrogens is 118 g/mol. The van der Waals surface area contributed by atoms with Gasteiger partial charge in [-0.05, 0) is 0 Å².